The number of anilines is 1. The second kappa shape index (κ2) is 8.91. The average molecular weight is 433 g/mol. The first kappa shape index (κ1) is 22.3. The number of aryl methyl sites for hydroxylation is 3. The summed E-state index contributed by atoms with van der Waals surface area (Å²) in [7, 11) is 0. The van der Waals surface area contributed by atoms with E-state index in [1.165, 1.54) is 5.56 Å². The van der Waals surface area contributed by atoms with E-state index in [9.17, 15) is 14.7 Å². The first-order chi connectivity index (χ1) is 15.3. The van der Waals surface area contributed by atoms with E-state index >= 15 is 0 Å². The molecular formula is C27H32N2O3. The molecular weight excluding hydrogens is 400 g/mol. The fourth-order valence-corrected chi connectivity index (χ4v) is 5.08. The van der Waals surface area contributed by atoms with Crippen LogP contribution in [0.5, 0.6) is 0 Å². The number of aromatic nitrogens is 1. The molecule has 1 aromatic heterocycles. The smallest absolute Gasteiger partial charge is 0.258 e. The molecule has 2 aromatic carbocycles. The van der Waals surface area contributed by atoms with E-state index in [4.69, 9.17) is 0 Å². The van der Waals surface area contributed by atoms with Crippen molar-refractivity contribution in [3.63, 3.8) is 0 Å². The lowest BCUT2D eigenvalue weighted by Crippen LogP contribution is -2.39. The van der Waals surface area contributed by atoms with Crippen molar-refractivity contribution in [2.24, 2.45) is 0 Å². The lowest BCUT2D eigenvalue weighted by molar-refractivity contribution is -0.115. The standard InChI is InChI=1S/C27H32N2O3/c1-18-14-19(2)23(20(3)15-18)16-25(30)28-24-9-7-8-22-21(24)10-13-29(26(22)31)17-27(32)11-5-4-6-12-27/h7-10,13-15,32H,4-6,11-12,16-17H2,1-3H3,(H,28,30). The molecule has 0 aliphatic heterocycles. The fourth-order valence-electron chi connectivity index (χ4n) is 5.08. The van der Waals surface area contributed by atoms with Gasteiger partial charge in [0.15, 0.2) is 0 Å². The molecule has 0 unspecified atom stereocenters. The van der Waals surface area contributed by atoms with Crippen LogP contribution < -0.4 is 10.9 Å². The maximum Gasteiger partial charge on any atom is 0.258 e. The monoisotopic (exact) mass is 432 g/mol. The lowest BCUT2D eigenvalue weighted by Gasteiger charge is -2.32. The molecule has 0 spiro atoms. The fraction of sp³-hybridized carbons (Fsp3) is 0.407. The van der Waals surface area contributed by atoms with Gasteiger partial charge < -0.3 is 15.0 Å². The average Bonchev–Trinajstić information content (AvgIpc) is 2.73. The number of benzene rings is 2. The van der Waals surface area contributed by atoms with Crippen LogP contribution in [-0.4, -0.2) is 21.2 Å². The lowest BCUT2D eigenvalue weighted by atomic mass is 9.85. The third-order valence-corrected chi connectivity index (χ3v) is 6.72. The molecule has 1 aliphatic carbocycles. The van der Waals surface area contributed by atoms with Crippen LogP contribution in [0.25, 0.3) is 10.8 Å². The third-order valence-electron chi connectivity index (χ3n) is 6.72. The van der Waals surface area contributed by atoms with Crippen molar-refractivity contribution in [2.75, 3.05) is 5.32 Å². The van der Waals surface area contributed by atoms with Crippen molar-refractivity contribution in [3.05, 3.63) is 75.2 Å². The van der Waals surface area contributed by atoms with Gasteiger partial charge in [-0.1, -0.05) is 43.0 Å². The molecule has 1 aliphatic rings. The van der Waals surface area contributed by atoms with E-state index < -0.39 is 5.60 Å². The highest BCUT2D eigenvalue weighted by atomic mass is 16.3. The van der Waals surface area contributed by atoms with Gasteiger partial charge in [-0.15, -0.1) is 0 Å². The summed E-state index contributed by atoms with van der Waals surface area (Å²) in [6.45, 7) is 6.43. The van der Waals surface area contributed by atoms with E-state index in [1.54, 1.807) is 22.9 Å². The molecule has 32 heavy (non-hydrogen) atoms. The van der Waals surface area contributed by atoms with Crippen molar-refractivity contribution in [2.45, 2.75) is 71.4 Å². The normalized spacial score (nSPS) is 15.6. The molecule has 5 heteroatoms. The number of hydrogen-bond acceptors (Lipinski definition) is 3. The minimum Gasteiger partial charge on any atom is -0.388 e. The summed E-state index contributed by atoms with van der Waals surface area (Å²) in [4.78, 5) is 26.0. The molecule has 0 bridgehead atoms. The Morgan fingerprint density at radius 1 is 1.03 bits per heavy atom. The summed E-state index contributed by atoms with van der Waals surface area (Å²) in [5.74, 6) is -0.103. The number of carbonyl (C=O) groups excluding carboxylic acids is 1. The van der Waals surface area contributed by atoms with E-state index in [-0.39, 0.29) is 11.5 Å². The van der Waals surface area contributed by atoms with Crippen LogP contribution in [0.2, 0.25) is 0 Å². The van der Waals surface area contributed by atoms with Gasteiger partial charge in [-0.3, -0.25) is 9.59 Å². The third kappa shape index (κ3) is 4.63. The van der Waals surface area contributed by atoms with E-state index in [0.29, 0.717) is 24.0 Å². The Hall–Kier alpha value is -2.92. The summed E-state index contributed by atoms with van der Waals surface area (Å²) >= 11 is 0. The van der Waals surface area contributed by atoms with Gasteiger partial charge in [0.2, 0.25) is 5.91 Å². The predicted octanol–water partition coefficient (Wildman–Crippen LogP) is 4.80. The summed E-state index contributed by atoms with van der Waals surface area (Å²) in [5.41, 5.74) is 4.13. The maximum atomic E-state index is 13.1. The Balaban J connectivity index is 1.58. The van der Waals surface area contributed by atoms with Crippen LogP contribution in [-0.2, 0) is 17.8 Å². The van der Waals surface area contributed by atoms with Crippen molar-refractivity contribution in [3.8, 4) is 0 Å². The van der Waals surface area contributed by atoms with Gasteiger partial charge >= 0.3 is 0 Å². The number of pyridine rings is 1. The Morgan fingerprint density at radius 2 is 1.72 bits per heavy atom. The number of hydrogen-bond donors (Lipinski definition) is 2. The zero-order chi connectivity index (χ0) is 22.9. The van der Waals surface area contributed by atoms with Crippen LogP contribution in [0.3, 0.4) is 0 Å². The minimum atomic E-state index is -0.814. The number of carbonyl (C=O) groups is 1. The largest absolute Gasteiger partial charge is 0.388 e. The van der Waals surface area contributed by atoms with E-state index in [2.05, 4.69) is 24.4 Å². The second-order valence-corrected chi connectivity index (χ2v) is 9.40. The minimum absolute atomic E-state index is 0.103. The summed E-state index contributed by atoms with van der Waals surface area (Å²) in [6.07, 6.45) is 6.61. The zero-order valence-electron chi connectivity index (χ0n) is 19.2. The van der Waals surface area contributed by atoms with Crippen molar-refractivity contribution >= 4 is 22.4 Å². The van der Waals surface area contributed by atoms with Gasteiger partial charge in [0.05, 0.1) is 18.6 Å². The van der Waals surface area contributed by atoms with E-state index in [0.717, 1.165) is 54.2 Å². The van der Waals surface area contributed by atoms with Crippen LogP contribution in [0.4, 0.5) is 5.69 Å². The molecule has 0 atom stereocenters. The van der Waals surface area contributed by atoms with Gasteiger partial charge in [-0.05, 0) is 68.5 Å². The molecule has 1 heterocycles. The quantitative estimate of drug-likeness (QED) is 0.608. The van der Waals surface area contributed by atoms with Gasteiger partial charge in [0, 0.05) is 22.7 Å². The SMILES string of the molecule is Cc1cc(C)c(CC(=O)Nc2cccc3c(=O)n(CC4(O)CCCCC4)ccc23)c(C)c1. The number of amides is 1. The number of fused-ring (bicyclic) bond motifs is 1. The number of nitrogens with one attached hydrogen (secondary N) is 1. The van der Waals surface area contributed by atoms with Crippen LogP contribution in [0.1, 0.15) is 54.4 Å². The molecule has 168 valence electrons. The van der Waals surface area contributed by atoms with Gasteiger partial charge in [0.25, 0.3) is 5.56 Å². The summed E-state index contributed by atoms with van der Waals surface area (Å²) < 4.78 is 1.61. The van der Waals surface area contributed by atoms with Crippen LogP contribution in [0.15, 0.2) is 47.4 Å². The van der Waals surface area contributed by atoms with Crippen LogP contribution >= 0.6 is 0 Å². The maximum absolute atomic E-state index is 13.1. The van der Waals surface area contributed by atoms with Gasteiger partial charge in [-0.25, -0.2) is 0 Å². The Morgan fingerprint density at radius 3 is 2.41 bits per heavy atom. The second-order valence-electron chi connectivity index (χ2n) is 9.40. The predicted molar refractivity (Wildman–Crippen MR) is 129 cm³/mol. The summed E-state index contributed by atoms with van der Waals surface area (Å²) in [5, 5.41) is 15.1. The van der Waals surface area contributed by atoms with Crippen molar-refractivity contribution in [1.29, 1.82) is 0 Å². The topological polar surface area (TPSA) is 71.3 Å². The number of aliphatic hydroxyl groups is 1. The van der Waals surface area contributed by atoms with E-state index in [1.807, 2.05) is 26.0 Å². The molecule has 4 rings (SSSR count). The highest BCUT2D eigenvalue weighted by Gasteiger charge is 2.30. The number of nitrogens with zero attached hydrogens (tertiary/aromatic N) is 1. The first-order valence-corrected chi connectivity index (χ1v) is 11.5. The first-order valence-electron chi connectivity index (χ1n) is 11.5. The summed E-state index contributed by atoms with van der Waals surface area (Å²) in [6, 6.07) is 11.4. The molecule has 1 saturated carbocycles. The van der Waals surface area contributed by atoms with Crippen molar-refractivity contribution < 1.29 is 9.90 Å². The van der Waals surface area contributed by atoms with Gasteiger partial charge in [-0.2, -0.15) is 0 Å². The Bertz CT molecular complexity index is 1200. The van der Waals surface area contributed by atoms with Crippen molar-refractivity contribution in [1.82, 2.24) is 4.57 Å². The molecule has 5 nitrogen and oxygen atoms in total. The molecule has 2 N–H and O–H groups in total. The highest BCUT2D eigenvalue weighted by Crippen LogP contribution is 2.29. The zero-order valence-corrected chi connectivity index (χ0v) is 19.2. The highest BCUT2D eigenvalue weighted by molar-refractivity contribution is 6.02. The molecule has 0 radical (unpaired) electrons. The molecule has 1 fully saturated rings. The Kier molecular flexibility index (Phi) is 6.20. The molecule has 3 aromatic rings. The Labute approximate surface area is 189 Å². The van der Waals surface area contributed by atoms with Gasteiger partial charge in [0.1, 0.15) is 0 Å². The van der Waals surface area contributed by atoms with Crippen LogP contribution in [0, 0.1) is 20.8 Å². The molecule has 0 saturated heterocycles. The number of rotatable bonds is 5. The molecule has 1 amide bonds.